The van der Waals surface area contributed by atoms with Crippen molar-refractivity contribution in [3.8, 4) is 5.75 Å². The van der Waals surface area contributed by atoms with Crippen LogP contribution in [-0.4, -0.2) is 23.9 Å². The third-order valence-electron chi connectivity index (χ3n) is 3.96. The second-order valence-electron chi connectivity index (χ2n) is 6.34. The lowest BCUT2D eigenvalue weighted by atomic mass is 10.3. The zero-order valence-electron chi connectivity index (χ0n) is 16.1. The molecule has 0 atom stereocenters. The van der Waals surface area contributed by atoms with Gasteiger partial charge in [0.2, 0.25) is 0 Å². The number of nitrogens with one attached hydrogen (secondary N) is 2. The Morgan fingerprint density at radius 3 is 1.53 bits per heavy atom. The fourth-order valence-electron chi connectivity index (χ4n) is 2.68. The van der Waals surface area contributed by atoms with Crippen LogP contribution in [0.1, 0.15) is 0 Å². The molecule has 32 heavy (non-hydrogen) atoms. The van der Waals surface area contributed by atoms with Crippen molar-refractivity contribution in [3.63, 3.8) is 0 Å². The van der Waals surface area contributed by atoms with Crippen molar-refractivity contribution in [1.29, 1.82) is 0 Å². The molecule has 0 aliphatic heterocycles. The summed E-state index contributed by atoms with van der Waals surface area (Å²) in [7, 11) is -7.95. The van der Waals surface area contributed by atoms with Crippen molar-refractivity contribution in [3.05, 3.63) is 77.9 Å². The lowest BCUT2D eigenvalue weighted by Gasteiger charge is -2.14. The number of benzene rings is 3. The Bertz CT molecular complexity index is 1360. The van der Waals surface area contributed by atoms with Crippen LogP contribution in [0.15, 0.2) is 64.4 Å². The second-order valence-corrected chi connectivity index (χ2v) is 9.67. The largest absolute Gasteiger partial charge is 0.495 e. The Kier molecular flexibility index (Phi) is 6.32. The molecule has 170 valence electrons. The van der Waals surface area contributed by atoms with Crippen molar-refractivity contribution in [1.82, 2.24) is 0 Å². The van der Waals surface area contributed by atoms with Crippen molar-refractivity contribution in [2.75, 3.05) is 16.6 Å². The van der Waals surface area contributed by atoms with Gasteiger partial charge in [0, 0.05) is 12.1 Å². The number of methoxy groups -OCH3 is 1. The number of hydrogen-bond donors (Lipinski definition) is 2. The van der Waals surface area contributed by atoms with Crippen molar-refractivity contribution >= 4 is 31.4 Å². The van der Waals surface area contributed by atoms with Crippen LogP contribution in [0.3, 0.4) is 0 Å². The molecule has 13 heteroatoms. The molecule has 0 fully saturated rings. The Labute approximate surface area is 180 Å². The van der Waals surface area contributed by atoms with Crippen molar-refractivity contribution < 1.29 is 39.1 Å². The van der Waals surface area contributed by atoms with E-state index in [0.717, 1.165) is 37.4 Å². The van der Waals surface area contributed by atoms with Gasteiger partial charge < -0.3 is 4.74 Å². The van der Waals surface area contributed by atoms with Crippen LogP contribution in [0.4, 0.5) is 28.9 Å². The predicted molar refractivity (Wildman–Crippen MR) is 107 cm³/mol. The molecule has 7 nitrogen and oxygen atoms in total. The van der Waals surface area contributed by atoms with Crippen LogP contribution < -0.4 is 14.2 Å². The molecule has 0 radical (unpaired) electrons. The van der Waals surface area contributed by atoms with Crippen LogP contribution in [-0.2, 0) is 20.0 Å². The summed E-state index contributed by atoms with van der Waals surface area (Å²) in [5, 5.41) is 0. The number of hydrogen-bond acceptors (Lipinski definition) is 5. The molecule has 3 rings (SSSR count). The summed E-state index contributed by atoms with van der Waals surface area (Å²) in [6, 6.07) is 6.70. The fourth-order valence-corrected chi connectivity index (χ4v) is 5.06. The quantitative estimate of drug-likeness (QED) is 0.490. The van der Waals surface area contributed by atoms with Crippen LogP contribution in [0.5, 0.6) is 5.75 Å². The van der Waals surface area contributed by atoms with E-state index in [1.165, 1.54) is 0 Å². The summed E-state index contributed by atoms with van der Waals surface area (Å²) >= 11 is 0. The lowest BCUT2D eigenvalue weighted by Crippen LogP contribution is -2.17. The zero-order valence-corrected chi connectivity index (χ0v) is 17.7. The van der Waals surface area contributed by atoms with Crippen LogP contribution in [0.2, 0.25) is 0 Å². The Morgan fingerprint density at radius 2 is 1.09 bits per heavy atom. The van der Waals surface area contributed by atoms with Crippen molar-refractivity contribution in [2.24, 2.45) is 0 Å². The van der Waals surface area contributed by atoms with E-state index in [-0.39, 0.29) is 5.75 Å². The van der Waals surface area contributed by atoms with Crippen LogP contribution in [0.25, 0.3) is 0 Å². The highest BCUT2D eigenvalue weighted by Gasteiger charge is 2.25. The van der Waals surface area contributed by atoms with E-state index in [4.69, 9.17) is 4.74 Å². The van der Waals surface area contributed by atoms with Crippen LogP contribution in [0, 0.1) is 23.3 Å². The first-order chi connectivity index (χ1) is 14.9. The molecule has 0 spiro atoms. The molecule has 0 aliphatic carbocycles. The Balaban J connectivity index is 2.02. The molecule has 2 N–H and O–H groups in total. The number of ether oxygens (including phenoxy) is 1. The molecule has 0 aromatic heterocycles. The molecule has 0 saturated carbocycles. The monoisotopic (exact) mass is 490 g/mol. The first-order valence-corrected chi connectivity index (χ1v) is 11.5. The van der Waals surface area contributed by atoms with Gasteiger partial charge in [0.15, 0.2) is 0 Å². The van der Waals surface area contributed by atoms with E-state index in [2.05, 4.69) is 0 Å². The summed E-state index contributed by atoms with van der Waals surface area (Å²) in [5.74, 6) is -4.43. The van der Waals surface area contributed by atoms with E-state index in [9.17, 15) is 34.4 Å². The van der Waals surface area contributed by atoms with Gasteiger partial charge in [0.1, 0.15) is 33.9 Å². The number of halogens is 4. The number of sulfonamides is 2. The van der Waals surface area contributed by atoms with Crippen molar-refractivity contribution in [2.45, 2.75) is 9.79 Å². The SMILES string of the molecule is COc1ccc(S(=O)(=O)Nc2cc(F)cc(F)c2)cc1S(=O)(=O)Nc1cc(F)cc(F)c1. The van der Waals surface area contributed by atoms with Gasteiger partial charge in [-0.15, -0.1) is 0 Å². The highest BCUT2D eigenvalue weighted by molar-refractivity contribution is 7.93. The minimum atomic E-state index is -4.58. The summed E-state index contributed by atoms with van der Waals surface area (Å²) < 4.78 is 113. The Hall–Kier alpha value is -3.32. The summed E-state index contributed by atoms with van der Waals surface area (Å²) in [5.41, 5.74) is -0.887. The first kappa shape index (κ1) is 23.3. The first-order valence-electron chi connectivity index (χ1n) is 8.55. The normalized spacial score (nSPS) is 11.8. The standard InChI is InChI=1S/C19H14F4N2O5S2/c1-30-18-3-2-17(31(26,27)24-15-6-11(20)4-12(21)7-15)10-19(18)32(28,29)25-16-8-13(22)5-14(23)9-16/h2-10,24-25H,1H3. The average molecular weight is 490 g/mol. The van der Waals surface area contributed by atoms with Gasteiger partial charge in [-0.05, 0) is 42.5 Å². The van der Waals surface area contributed by atoms with Gasteiger partial charge in [-0.2, -0.15) is 0 Å². The van der Waals surface area contributed by atoms with E-state index >= 15 is 0 Å². The van der Waals surface area contributed by atoms with E-state index in [0.29, 0.717) is 24.3 Å². The maximum absolute atomic E-state index is 13.4. The number of rotatable bonds is 7. The highest BCUT2D eigenvalue weighted by Crippen LogP contribution is 2.30. The van der Waals surface area contributed by atoms with Gasteiger partial charge in [-0.25, -0.2) is 34.4 Å². The summed E-state index contributed by atoms with van der Waals surface area (Å²) in [4.78, 5) is -1.26. The van der Waals surface area contributed by atoms with E-state index in [1.807, 2.05) is 9.44 Å². The molecular formula is C19H14F4N2O5S2. The number of anilines is 2. The average Bonchev–Trinajstić information content (AvgIpc) is 2.65. The van der Waals surface area contributed by atoms with E-state index in [1.54, 1.807) is 0 Å². The fraction of sp³-hybridized carbons (Fsp3) is 0.0526. The Morgan fingerprint density at radius 1 is 0.656 bits per heavy atom. The lowest BCUT2D eigenvalue weighted by molar-refractivity contribution is 0.402. The molecule has 3 aromatic rings. The molecule has 0 unspecified atom stereocenters. The molecule has 3 aromatic carbocycles. The highest BCUT2D eigenvalue weighted by atomic mass is 32.2. The van der Waals surface area contributed by atoms with Gasteiger partial charge >= 0.3 is 0 Å². The minimum Gasteiger partial charge on any atom is -0.495 e. The third-order valence-corrected chi connectivity index (χ3v) is 6.75. The third kappa shape index (κ3) is 5.29. The molecule has 0 heterocycles. The molecule has 0 amide bonds. The van der Waals surface area contributed by atoms with E-state index < -0.39 is 64.5 Å². The second kappa shape index (κ2) is 8.67. The van der Waals surface area contributed by atoms with Gasteiger partial charge in [-0.1, -0.05) is 0 Å². The van der Waals surface area contributed by atoms with Crippen LogP contribution >= 0.6 is 0 Å². The minimum absolute atomic E-state index is 0.273. The zero-order chi connectivity index (χ0) is 23.7. The summed E-state index contributed by atoms with van der Waals surface area (Å²) in [6.07, 6.45) is 0. The van der Waals surface area contributed by atoms with Gasteiger partial charge in [0.05, 0.1) is 23.4 Å². The maximum atomic E-state index is 13.4. The van der Waals surface area contributed by atoms with Gasteiger partial charge in [0.25, 0.3) is 20.0 Å². The molecular weight excluding hydrogens is 476 g/mol. The molecule has 0 bridgehead atoms. The summed E-state index contributed by atoms with van der Waals surface area (Å²) in [6.45, 7) is 0. The van der Waals surface area contributed by atoms with Gasteiger partial charge in [-0.3, -0.25) is 9.44 Å². The molecule has 0 saturated heterocycles. The maximum Gasteiger partial charge on any atom is 0.265 e. The predicted octanol–water partition coefficient (Wildman–Crippen LogP) is 3.85. The smallest absolute Gasteiger partial charge is 0.265 e. The topological polar surface area (TPSA) is 102 Å². The molecule has 0 aliphatic rings.